The highest BCUT2D eigenvalue weighted by Crippen LogP contribution is 2.40. The molecule has 17 heavy (non-hydrogen) atoms. The van der Waals surface area contributed by atoms with Gasteiger partial charge in [-0.3, -0.25) is 0 Å². The van der Waals surface area contributed by atoms with Gasteiger partial charge in [-0.25, -0.2) is 0 Å². The van der Waals surface area contributed by atoms with Gasteiger partial charge in [-0.05, 0) is 37.3 Å². The van der Waals surface area contributed by atoms with E-state index >= 15 is 0 Å². The van der Waals surface area contributed by atoms with Crippen molar-refractivity contribution < 1.29 is 4.74 Å². The Morgan fingerprint density at radius 2 is 2.18 bits per heavy atom. The zero-order valence-corrected chi connectivity index (χ0v) is 11.4. The van der Waals surface area contributed by atoms with Gasteiger partial charge in [-0.2, -0.15) is 0 Å². The van der Waals surface area contributed by atoms with E-state index in [9.17, 15) is 0 Å². The minimum Gasteiger partial charge on any atom is -0.375 e. The lowest BCUT2D eigenvalue weighted by Gasteiger charge is -2.25. The lowest BCUT2D eigenvalue weighted by Crippen LogP contribution is -2.38. The Bertz CT molecular complexity index is 409. The third kappa shape index (κ3) is 2.28. The van der Waals surface area contributed by atoms with Gasteiger partial charge in [0.25, 0.3) is 0 Å². The molecular formula is C14H18BrNO. The fraction of sp³-hybridized carbons (Fsp3) is 0.571. The van der Waals surface area contributed by atoms with Crippen molar-refractivity contribution in [3.8, 4) is 0 Å². The Morgan fingerprint density at radius 3 is 2.82 bits per heavy atom. The van der Waals surface area contributed by atoms with E-state index in [1.54, 1.807) is 0 Å². The summed E-state index contributed by atoms with van der Waals surface area (Å²) in [5, 5.41) is 0. The van der Waals surface area contributed by atoms with Crippen LogP contribution in [0.2, 0.25) is 0 Å². The van der Waals surface area contributed by atoms with Crippen molar-refractivity contribution in [1.82, 2.24) is 0 Å². The van der Waals surface area contributed by atoms with Crippen molar-refractivity contribution in [2.24, 2.45) is 11.7 Å². The third-order valence-electron chi connectivity index (χ3n) is 4.12. The van der Waals surface area contributed by atoms with Crippen LogP contribution in [0.15, 0.2) is 28.7 Å². The number of ether oxygens (including phenoxy) is 1. The summed E-state index contributed by atoms with van der Waals surface area (Å²) in [5.74, 6) is 0.556. The smallest absolute Gasteiger partial charge is 0.0623 e. The second kappa shape index (κ2) is 4.71. The van der Waals surface area contributed by atoms with E-state index < -0.39 is 0 Å². The minimum atomic E-state index is 0.226. The highest BCUT2D eigenvalue weighted by Gasteiger charge is 2.43. The SMILES string of the molecule is NC(Cc1ccccc1Br)C1CC2CCC1O2. The molecule has 4 unspecified atom stereocenters. The van der Waals surface area contributed by atoms with Gasteiger partial charge >= 0.3 is 0 Å². The summed E-state index contributed by atoms with van der Waals surface area (Å²) < 4.78 is 7.05. The first-order chi connectivity index (χ1) is 8.24. The number of benzene rings is 1. The van der Waals surface area contributed by atoms with Crippen LogP contribution in [0.5, 0.6) is 0 Å². The van der Waals surface area contributed by atoms with Crippen molar-refractivity contribution in [3.05, 3.63) is 34.3 Å². The Kier molecular flexibility index (Phi) is 3.24. The molecule has 0 spiro atoms. The second-order valence-corrected chi connectivity index (χ2v) is 6.09. The third-order valence-corrected chi connectivity index (χ3v) is 4.89. The minimum absolute atomic E-state index is 0.226. The van der Waals surface area contributed by atoms with E-state index in [4.69, 9.17) is 10.5 Å². The Labute approximate surface area is 111 Å². The number of rotatable bonds is 3. The topological polar surface area (TPSA) is 35.2 Å². The van der Waals surface area contributed by atoms with Crippen LogP contribution in [0.3, 0.4) is 0 Å². The summed E-state index contributed by atoms with van der Waals surface area (Å²) in [7, 11) is 0. The molecule has 2 nitrogen and oxygen atoms in total. The van der Waals surface area contributed by atoms with Gasteiger partial charge < -0.3 is 10.5 Å². The predicted molar refractivity (Wildman–Crippen MR) is 71.8 cm³/mol. The van der Waals surface area contributed by atoms with Crippen LogP contribution in [0.25, 0.3) is 0 Å². The van der Waals surface area contributed by atoms with Crippen molar-refractivity contribution in [1.29, 1.82) is 0 Å². The lowest BCUT2D eigenvalue weighted by molar-refractivity contribution is 0.0885. The second-order valence-electron chi connectivity index (χ2n) is 5.23. The fourth-order valence-corrected chi connectivity index (χ4v) is 3.64. The van der Waals surface area contributed by atoms with Crippen molar-refractivity contribution in [2.75, 3.05) is 0 Å². The molecule has 2 aliphatic rings. The van der Waals surface area contributed by atoms with Gasteiger partial charge in [0.15, 0.2) is 0 Å². The van der Waals surface area contributed by atoms with Crippen LogP contribution < -0.4 is 5.73 Å². The maximum absolute atomic E-state index is 6.37. The molecule has 2 saturated heterocycles. The summed E-state index contributed by atoms with van der Waals surface area (Å²) >= 11 is 3.59. The highest BCUT2D eigenvalue weighted by atomic mass is 79.9. The molecule has 0 radical (unpaired) electrons. The summed E-state index contributed by atoms with van der Waals surface area (Å²) in [6.07, 6.45) is 5.48. The molecule has 2 bridgehead atoms. The Morgan fingerprint density at radius 1 is 1.35 bits per heavy atom. The van der Waals surface area contributed by atoms with E-state index in [2.05, 4.69) is 34.1 Å². The molecule has 0 aliphatic carbocycles. The average Bonchev–Trinajstić information content (AvgIpc) is 2.94. The number of fused-ring (bicyclic) bond motifs is 2. The first kappa shape index (κ1) is 11.7. The molecule has 2 fully saturated rings. The number of nitrogens with two attached hydrogens (primary N) is 1. The zero-order valence-electron chi connectivity index (χ0n) is 9.81. The maximum atomic E-state index is 6.37. The van der Waals surface area contributed by atoms with Crippen molar-refractivity contribution in [2.45, 2.75) is 43.9 Å². The fourth-order valence-electron chi connectivity index (χ4n) is 3.20. The lowest BCUT2D eigenvalue weighted by atomic mass is 9.82. The molecule has 4 atom stereocenters. The van der Waals surface area contributed by atoms with Crippen LogP contribution in [0.1, 0.15) is 24.8 Å². The molecule has 3 heteroatoms. The molecule has 2 aliphatic heterocycles. The van der Waals surface area contributed by atoms with Crippen LogP contribution >= 0.6 is 15.9 Å². The average molecular weight is 296 g/mol. The summed E-state index contributed by atoms with van der Waals surface area (Å²) in [4.78, 5) is 0. The maximum Gasteiger partial charge on any atom is 0.0623 e. The summed E-state index contributed by atoms with van der Waals surface area (Å²) in [6.45, 7) is 0. The molecule has 0 saturated carbocycles. The van der Waals surface area contributed by atoms with Gasteiger partial charge in [0.05, 0.1) is 12.2 Å². The van der Waals surface area contributed by atoms with Gasteiger partial charge in [-0.15, -0.1) is 0 Å². The van der Waals surface area contributed by atoms with Gasteiger partial charge in [0.2, 0.25) is 0 Å². The van der Waals surface area contributed by atoms with Gasteiger partial charge in [-0.1, -0.05) is 34.1 Å². The zero-order chi connectivity index (χ0) is 11.8. The number of hydrogen-bond donors (Lipinski definition) is 1. The van der Waals surface area contributed by atoms with E-state index in [-0.39, 0.29) is 6.04 Å². The quantitative estimate of drug-likeness (QED) is 0.931. The highest BCUT2D eigenvalue weighted by molar-refractivity contribution is 9.10. The first-order valence-electron chi connectivity index (χ1n) is 6.38. The number of halogens is 1. The predicted octanol–water partition coefficient (Wildman–Crippen LogP) is 2.89. The van der Waals surface area contributed by atoms with Gasteiger partial charge in [0.1, 0.15) is 0 Å². The van der Waals surface area contributed by atoms with E-state index in [1.165, 1.54) is 22.9 Å². The summed E-state index contributed by atoms with van der Waals surface area (Å²) in [6, 6.07) is 8.57. The number of hydrogen-bond acceptors (Lipinski definition) is 2. The standard InChI is InChI=1S/C14H18BrNO/c15-12-4-2-1-3-9(12)7-13(16)11-8-10-5-6-14(11)17-10/h1-4,10-11,13-14H,5-8,16H2. The molecule has 2 N–H and O–H groups in total. The monoisotopic (exact) mass is 295 g/mol. The van der Waals surface area contributed by atoms with Crippen molar-refractivity contribution in [3.63, 3.8) is 0 Å². The largest absolute Gasteiger partial charge is 0.375 e. The normalized spacial score (nSPS) is 32.9. The van der Waals surface area contributed by atoms with Crippen molar-refractivity contribution >= 4 is 15.9 Å². The Hall–Kier alpha value is -0.380. The van der Waals surface area contributed by atoms with Crippen LogP contribution in [0, 0.1) is 5.92 Å². The first-order valence-corrected chi connectivity index (χ1v) is 7.18. The van der Waals surface area contributed by atoms with E-state index in [0.717, 1.165) is 12.8 Å². The molecule has 3 rings (SSSR count). The molecule has 1 aromatic rings. The van der Waals surface area contributed by atoms with Crippen LogP contribution in [-0.4, -0.2) is 18.2 Å². The van der Waals surface area contributed by atoms with Crippen LogP contribution in [0.4, 0.5) is 0 Å². The molecular weight excluding hydrogens is 278 g/mol. The molecule has 0 amide bonds. The Balaban J connectivity index is 1.68. The molecule has 1 aromatic carbocycles. The van der Waals surface area contributed by atoms with E-state index in [1.807, 2.05) is 6.07 Å². The molecule has 2 heterocycles. The summed E-state index contributed by atoms with van der Waals surface area (Å²) in [5.41, 5.74) is 7.67. The van der Waals surface area contributed by atoms with E-state index in [0.29, 0.717) is 18.1 Å². The van der Waals surface area contributed by atoms with Gasteiger partial charge in [0, 0.05) is 16.4 Å². The molecule has 92 valence electrons. The molecule has 0 aromatic heterocycles. The van der Waals surface area contributed by atoms with Crippen LogP contribution in [-0.2, 0) is 11.2 Å².